The molecule has 3 N–H and O–H groups in total. The molecule has 5 atom stereocenters. The highest BCUT2D eigenvalue weighted by Crippen LogP contribution is 2.48. The van der Waals surface area contributed by atoms with Gasteiger partial charge in [-0.3, -0.25) is 19.6 Å². The van der Waals surface area contributed by atoms with Crippen LogP contribution in [0.4, 0.5) is 9.59 Å². The molecule has 0 spiro atoms. The van der Waals surface area contributed by atoms with Crippen LogP contribution < -0.4 is 10.6 Å². The lowest BCUT2D eigenvalue weighted by molar-refractivity contribution is -0.131. The van der Waals surface area contributed by atoms with Crippen molar-refractivity contribution >= 4 is 41.1 Å². The maximum Gasteiger partial charge on any atom is 0.407 e. The molecule has 13 nitrogen and oxygen atoms in total. The first-order valence-electron chi connectivity index (χ1n) is 23.0. The number of allylic oxidation sites excluding steroid dienone is 1. The quantitative estimate of drug-likeness (QED) is 0.104. The molecule has 0 radical (unpaired) electrons. The Balaban J connectivity index is 0.940. The van der Waals surface area contributed by atoms with Gasteiger partial charge in [-0.05, 0) is 103 Å². The summed E-state index contributed by atoms with van der Waals surface area (Å²) in [5.41, 5.74) is 11.7. The zero-order chi connectivity index (χ0) is 45.6. The van der Waals surface area contributed by atoms with Gasteiger partial charge in [-0.2, -0.15) is 0 Å². The van der Waals surface area contributed by atoms with Gasteiger partial charge >= 0.3 is 12.2 Å². The number of aromatic amines is 1. The van der Waals surface area contributed by atoms with Crippen molar-refractivity contribution in [3.05, 3.63) is 119 Å². The Morgan fingerprint density at radius 1 is 0.908 bits per heavy atom. The third-order valence-electron chi connectivity index (χ3n) is 13.3. The molecule has 5 aromatic rings. The minimum absolute atomic E-state index is 0.0369. The van der Waals surface area contributed by atoms with E-state index < -0.39 is 24.3 Å². The molecule has 338 valence electrons. The molecule has 3 heterocycles. The van der Waals surface area contributed by atoms with Gasteiger partial charge in [0.25, 0.3) is 0 Å². The van der Waals surface area contributed by atoms with E-state index in [0.29, 0.717) is 32.2 Å². The van der Waals surface area contributed by atoms with E-state index in [1.165, 1.54) is 30.9 Å². The summed E-state index contributed by atoms with van der Waals surface area (Å²) in [6.45, 7) is 6.56. The van der Waals surface area contributed by atoms with E-state index in [1.54, 1.807) is 11.1 Å². The van der Waals surface area contributed by atoms with Gasteiger partial charge in [-0.25, -0.2) is 14.6 Å². The number of fused-ring (bicyclic) bond motifs is 1. The number of carbonyl (C=O) groups excluding carboxylic acids is 4. The summed E-state index contributed by atoms with van der Waals surface area (Å²) in [4.78, 5) is 70.9. The first kappa shape index (κ1) is 45.0. The van der Waals surface area contributed by atoms with Gasteiger partial charge in [0.15, 0.2) is 5.78 Å². The van der Waals surface area contributed by atoms with Crippen LogP contribution in [0.3, 0.4) is 0 Å². The molecule has 2 aliphatic carbocycles. The number of aliphatic imine (C=N–C) groups is 1. The van der Waals surface area contributed by atoms with Gasteiger partial charge in [0.1, 0.15) is 11.9 Å². The topological polar surface area (TPSA) is 168 Å². The van der Waals surface area contributed by atoms with Gasteiger partial charge in [0, 0.05) is 60.2 Å². The Labute approximate surface area is 380 Å². The fourth-order valence-corrected chi connectivity index (χ4v) is 9.88. The van der Waals surface area contributed by atoms with Crippen LogP contribution in [0.5, 0.6) is 0 Å². The number of carbonyl (C=O) groups is 4. The molecular weight excluding hydrogens is 819 g/mol. The summed E-state index contributed by atoms with van der Waals surface area (Å²) < 4.78 is 9.57. The summed E-state index contributed by atoms with van der Waals surface area (Å²) in [6, 6.07) is 24.2. The zero-order valence-electron chi connectivity index (χ0n) is 37.9. The SMILES string of the molecule is CCCC(C=N/C=C1/CCCN1C(=O)C(NC(=O)OC)C(C)C)c1ccc(-c2ccc(-c3ccc4nc(C5Cc6cccc7c6C5CCC(=O)C(NC(=O)OC)CC7)[nH]c4c3)cn2)cc1. The molecule has 65 heavy (non-hydrogen) atoms. The molecule has 1 aliphatic heterocycles. The number of ether oxygens (including phenoxy) is 2. The number of H-pyrrole nitrogens is 1. The van der Waals surface area contributed by atoms with Gasteiger partial charge in [-0.15, -0.1) is 0 Å². The molecule has 2 aromatic heterocycles. The lowest BCUT2D eigenvalue weighted by atomic mass is 9.85. The van der Waals surface area contributed by atoms with Gasteiger partial charge in [-0.1, -0.05) is 81.8 Å². The number of alkyl carbamates (subject to hydrolysis) is 2. The number of likely N-dealkylation sites (tertiary alicyclic amines) is 1. The third-order valence-corrected chi connectivity index (χ3v) is 13.3. The fourth-order valence-electron chi connectivity index (χ4n) is 9.88. The van der Waals surface area contributed by atoms with Crippen molar-refractivity contribution in [3.63, 3.8) is 0 Å². The number of aryl methyl sites for hydroxylation is 1. The minimum Gasteiger partial charge on any atom is -0.453 e. The molecule has 5 unspecified atom stereocenters. The predicted octanol–water partition coefficient (Wildman–Crippen LogP) is 9.53. The van der Waals surface area contributed by atoms with E-state index in [0.717, 1.165) is 82.6 Å². The molecule has 3 amide bonds. The van der Waals surface area contributed by atoms with Crippen LogP contribution in [0.15, 0.2) is 95.9 Å². The van der Waals surface area contributed by atoms with E-state index in [4.69, 9.17) is 24.4 Å². The molecule has 0 bridgehead atoms. The highest BCUT2D eigenvalue weighted by molar-refractivity contribution is 5.88. The largest absolute Gasteiger partial charge is 0.453 e. The first-order valence-corrected chi connectivity index (χ1v) is 23.0. The second-order valence-corrected chi connectivity index (χ2v) is 17.8. The van der Waals surface area contributed by atoms with Gasteiger partial charge in [0.2, 0.25) is 5.91 Å². The number of Topliss-reactive ketones (excluding diaryl/α,β-unsaturated/α-hetero) is 1. The molecule has 1 fully saturated rings. The second-order valence-electron chi connectivity index (χ2n) is 17.8. The Morgan fingerprint density at radius 3 is 2.42 bits per heavy atom. The summed E-state index contributed by atoms with van der Waals surface area (Å²) in [6.07, 6.45) is 11.1. The number of nitrogens with one attached hydrogen (secondary N) is 3. The lowest BCUT2D eigenvalue weighted by Gasteiger charge is -2.27. The van der Waals surface area contributed by atoms with Crippen LogP contribution in [0.25, 0.3) is 33.4 Å². The number of nitrogens with zero attached hydrogens (tertiary/aromatic N) is 4. The van der Waals surface area contributed by atoms with Gasteiger partial charge in [0.05, 0.1) is 37.0 Å². The number of pyridine rings is 1. The summed E-state index contributed by atoms with van der Waals surface area (Å²) in [7, 11) is 2.61. The number of hydrogen-bond donors (Lipinski definition) is 3. The van der Waals surface area contributed by atoms with E-state index in [1.807, 2.05) is 26.3 Å². The van der Waals surface area contributed by atoms with Crippen molar-refractivity contribution in [2.45, 2.75) is 108 Å². The van der Waals surface area contributed by atoms with Crippen LogP contribution >= 0.6 is 0 Å². The molecule has 3 aliphatic rings. The van der Waals surface area contributed by atoms with E-state index in [9.17, 15) is 19.2 Å². The molecule has 8 rings (SSSR count). The van der Waals surface area contributed by atoms with E-state index >= 15 is 0 Å². The number of rotatable bonds is 12. The Bertz CT molecular complexity index is 2600. The van der Waals surface area contributed by atoms with Gasteiger partial charge < -0.3 is 30.0 Å². The molecule has 3 aromatic carbocycles. The Kier molecular flexibility index (Phi) is 13.9. The smallest absolute Gasteiger partial charge is 0.407 e. The number of aromatic nitrogens is 3. The summed E-state index contributed by atoms with van der Waals surface area (Å²) in [5, 5.41) is 5.45. The summed E-state index contributed by atoms with van der Waals surface area (Å²) >= 11 is 0. The van der Waals surface area contributed by atoms with Crippen LogP contribution in [0.1, 0.15) is 112 Å². The second kappa shape index (κ2) is 20.0. The van der Waals surface area contributed by atoms with Crippen LogP contribution in [0.2, 0.25) is 0 Å². The predicted molar refractivity (Wildman–Crippen MR) is 252 cm³/mol. The molecule has 13 heteroatoms. The maximum atomic E-state index is 13.5. The summed E-state index contributed by atoms with van der Waals surface area (Å²) in [5.74, 6) is 1.07. The standard InChI is InChI=1S/C52H59N7O6/c1-6-9-37(28-53-30-39-12-8-25-59(39)50(61)48(31(2)3)58-52(63)65-5)32-13-15-33(16-14-32)42-21-19-38(29-54-42)35-18-22-43-45(27-35)56-49(55-43)41-26-36-11-7-10-34-17-23-44(57-51(62)64-4)46(60)24-20-40(41)47(34)36/h7,10-11,13-16,18-19,21-22,27-31,37,40-41,44,48H,6,8-9,12,17,20,23-26H2,1-5H3,(H,55,56)(H,57,62)(H,58,63)/b39-30-,53-28?. The van der Waals surface area contributed by atoms with Crippen LogP contribution in [0, 0.1) is 5.92 Å². The number of ketones is 1. The van der Waals surface area contributed by atoms with Crippen molar-refractivity contribution in [3.8, 4) is 22.4 Å². The zero-order valence-corrected chi connectivity index (χ0v) is 37.9. The average Bonchev–Trinajstić information content (AvgIpc) is 4.08. The number of amides is 3. The number of hydrogen-bond acceptors (Lipinski definition) is 9. The maximum absolute atomic E-state index is 13.5. The number of methoxy groups -OCH3 is 2. The number of benzene rings is 3. The Morgan fingerprint density at radius 2 is 1.68 bits per heavy atom. The average molecular weight is 878 g/mol. The molecular formula is C52H59N7O6. The highest BCUT2D eigenvalue weighted by Gasteiger charge is 2.39. The lowest BCUT2D eigenvalue weighted by Crippen LogP contribution is -2.50. The van der Waals surface area contributed by atoms with Crippen molar-refractivity contribution < 1.29 is 28.7 Å². The highest BCUT2D eigenvalue weighted by atomic mass is 16.5. The molecule has 0 saturated carbocycles. The monoisotopic (exact) mass is 877 g/mol. The normalized spacial score (nSPS) is 20.0. The molecule has 1 saturated heterocycles. The first-order chi connectivity index (χ1) is 31.5. The van der Waals surface area contributed by atoms with E-state index in [2.05, 4.69) is 95.3 Å². The van der Waals surface area contributed by atoms with Crippen molar-refractivity contribution in [2.75, 3.05) is 20.8 Å². The van der Waals surface area contributed by atoms with Crippen LogP contribution in [-0.2, 0) is 31.9 Å². The fraction of sp³-hybridized carbons (Fsp3) is 0.404. The minimum atomic E-state index is -0.681. The third kappa shape index (κ3) is 9.89. The van der Waals surface area contributed by atoms with E-state index in [-0.39, 0.29) is 35.4 Å². The van der Waals surface area contributed by atoms with Crippen molar-refractivity contribution in [1.82, 2.24) is 30.5 Å². The van der Waals surface area contributed by atoms with Crippen molar-refractivity contribution in [1.29, 1.82) is 0 Å². The van der Waals surface area contributed by atoms with Crippen LogP contribution in [-0.4, -0.2) is 82.8 Å². The van der Waals surface area contributed by atoms with Crippen molar-refractivity contribution in [2.24, 2.45) is 10.9 Å². The number of imidazole rings is 1. The Hall–Kier alpha value is -6.63.